The molecule has 0 amide bonds. The van der Waals surface area contributed by atoms with Gasteiger partial charge in [0.05, 0.1) is 24.2 Å². The zero-order valence-electron chi connectivity index (χ0n) is 14.6. The van der Waals surface area contributed by atoms with Gasteiger partial charge in [-0.05, 0) is 25.1 Å². The van der Waals surface area contributed by atoms with Crippen LogP contribution in [0.25, 0.3) is 0 Å². The number of benzene rings is 1. The molecule has 0 aliphatic heterocycles. The lowest BCUT2D eigenvalue weighted by Gasteiger charge is -2.19. The Labute approximate surface area is 162 Å². The first-order valence-corrected chi connectivity index (χ1v) is 8.19. The van der Waals surface area contributed by atoms with Gasteiger partial charge in [-0.25, -0.2) is 0 Å². The lowest BCUT2D eigenvalue weighted by molar-refractivity contribution is -0.386. The molecule has 1 unspecified atom stereocenters. The van der Waals surface area contributed by atoms with Gasteiger partial charge >= 0.3 is 12.1 Å². The van der Waals surface area contributed by atoms with Gasteiger partial charge in [-0.2, -0.15) is 13.2 Å². The van der Waals surface area contributed by atoms with Gasteiger partial charge in [0.15, 0.2) is 0 Å². The maximum absolute atomic E-state index is 12.9. The number of carbonyl (C=O) groups excluding carboxylic acids is 1. The maximum Gasteiger partial charge on any atom is 0.418 e. The van der Waals surface area contributed by atoms with Crippen molar-refractivity contribution in [3.05, 3.63) is 62.4 Å². The summed E-state index contributed by atoms with van der Waals surface area (Å²) in [6.07, 6.45) is -4.42. The van der Waals surface area contributed by atoms with E-state index in [0.717, 1.165) is 0 Å². The van der Waals surface area contributed by atoms with E-state index < -0.39 is 39.9 Å². The molecule has 2 rings (SSSR count). The van der Waals surface area contributed by atoms with Crippen LogP contribution >= 0.6 is 11.6 Å². The molecular formula is C17H14ClF3N2O5. The standard InChI is InChI=1S/C17H14ClF3N2O5/c1-3-28-16(24)14(11-7-10(18)4-5-13(11)27-2)15-12(23(25)26)6-9(8-22-15)17(19,20)21/h4-8,14H,3H2,1-2H3. The van der Waals surface area contributed by atoms with Crippen LogP contribution in [0.2, 0.25) is 5.02 Å². The minimum atomic E-state index is -4.84. The number of carbonyl (C=O) groups is 1. The van der Waals surface area contributed by atoms with Gasteiger partial charge in [-0.1, -0.05) is 11.6 Å². The third-order valence-corrected chi connectivity index (χ3v) is 3.95. The minimum Gasteiger partial charge on any atom is -0.496 e. The molecule has 0 saturated carbocycles. The Morgan fingerprint density at radius 3 is 2.57 bits per heavy atom. The highest BCUT2D eigenvalue weighted by molar-refractivity contribution is 6.30. The van der Waals surface area contributed by atoms with Gasteiger partial charge in [0.1, 0.15) is 17.4 Å². The van der Waals surface area contributed by atoms with Crippen molar-refractivity contribution in [2.75, 3.05) is 13.7 Å². The van der Waals surface area contributed by atoms with Crippen LogP contribution in [0.15, 0.2) is 30.5 Å². The Balaban J connectivity index is 2.77. The summed E-state index contributed by atoms with van der Waals surface area (Å²) in [5.41, 5.74) is -2.74. The van der Waals surface area contributed by atoms with Crippen molar-refractivity contribution in [1.29, 1.82) is 0 Å². The molecule has 1 aromatic carbocycles. The molecule has 0 bridgehead atoms. The Morgan fingerprint density at radius 2 is 2.04 bits per heavy atom. The van der Waals surface area contributed by atoms with Crippen molar-refractivity contribution in [2.45, 2.75) is 19.0 Å². The van der Waals surface area contributed by atoms with E-state index in [1.807, 2.05) is 0 Å². The van der Waals surface area contributed by atoms with Gasteiger partial charge in [-0.15, -0.1) is 0 Å². The Bertz CT molecular complexity index is 905. The van der Waals surface area contributed by atoms with Crippen molar-refractivity contribution in [3.63, 3.8) is 0 Å². The first-order valence-electron chi connectivity index (χ1n) is 7.81. The highest BCUT2D eigenvalue weighted by Gasteiger charge is 2.38. The van der Waals surface area contributed by atoms with Crippen LogP contribution in [0, 0.1) is 10.1 Å². The molecule has 0 radical (unpaired) electrons. The van der Waals surface area contributed by atoms with E-state index in [2.05, 4.69) is 4.98 Å². The van der Waals surface area contributed by atoms with Gasteiger partial charge in [-0.3, -0.25) is 19.9 Å². The summed E-state index contributed by atoms with van der Waals surface area (Å²) >= 11 is 5.96. The van der Waals surface area contributed by atoms with E-state index >= 15 is 0 Å². The van der Waals surface area contributed by atoms with E-state index in [1.165, 1.54) is 32.2 Å². The van der Waals surface area contributed by atoms with E-state index in [4.69, 9.17) is 21.1 Å². The summed E-state index contributed by atoms with van der Waals surface area (Å²) in [6, 6.07) is 4.51. The number of hydrogen-bond acceptors (Lipinski definition) is 6. The first kappa shape index (κ1) is 21.4. The van der Waals surface area contributed by atoms with Crippen LogP contribution in [0.1, 0.15) is 29.7 Å². The molecule has 150 valence electrons. The molecule has 2 aromatic rings. The fourth-order valence-electron chi connectivity index (χ4n) is 2.53. The monoisotopic (exact) mass is 418 g/mol. The average Bonchev–Trinajstić information content (AvgIpc) is 2.61. The number of hydrogen-bond donors (Lipinski definition) is 0. The number of aromatic nitrogens is 1. The van der Waals surface area contributed by atoms with E-state index in [9.17, 15) is 28.1 Å². The molecule has 1 heterocycles. The fraction of sp³-hybridized carbons (Fsp3) is 0.294. The quantitative estimate of drug-likeness (QED) is 0.393. The SMILES string of the molecule is CCOC(=O)C(c1cc(Cl)ccc1OC)c1ncc(C(F)(F)F)cc1[N+](=O)[O-]. The summed E-state index contributed by atoms with van der Waals surface area (Å²) < 4.78 is 49.0. The van der Waals surface area contributed by atoms with Gasteiger partial charge in [0, 0.05) is 22.8 Å². The molecular weight excluding hydrogens is 405 g/mol. The lowest BCUT2D eigenvalue weighted by Crippen LogP contribution is -2.21. The van der Waals surface area contributed by atoms with Crippen molar-refractivity contribution in [1.82, 2.24) is 4.98 Å². The molecule has 28 heavy (non-hydrogen) atoms. The van der Waals surface area contributed by atoms with E-state index in [0.29, 0.717) is 12.3 Å². The second kappa shape index (κ2) is 8.42. The van der Waals surface area contributed by atoms with Gasteiger partial charge < -0.3 is 9.47 Å². The normalized spacial score (nSPS) is 12.4. The first-order chi connectivity index (χ1) is 13.1. The van der Waals surface area contributed by atoms with E-state index in [1.54, 1.807) is 0 Å². The third-order valence-electron chi connectivity index (χ3n) is 3.72. The average molecular weight is 419 g/mol. The number of alkyl halides is 3. The smallest absolute Gasteiger partial charge is 0.418 e. The number of methoxy groups -OCH3 is 1. The number of halogens is 4. The van der Waals surface area contributed by atoms with E-state index in [-0.39, 0.29) is 22.9 Å². The number of nitrogens with zero attached hydrogens (tertiary/aromatic N) is 2. The number of ether oxygens (including phenoxy) is 2. The third kappa shape index (κ3) is 4.50. The van der Waals surface area contributed by atoms with Crippen molar-refractivity contribution >= 4 is 23.3 Å². The van der Waals surface area contributed by atoms with Gasteiger partial charge in [0.2, 0.25) is 0 Å². The summed E-state index contributed by atoms with van der Waals surface area (Å²) in [4.78, 5) is 26.6. The predicted octanol–water partition coefficient (Wildman–Crippen LogP) is 4.37. The predicted molar refractivity (Wildman–Crippen MR) is 92.4 cm³/mol. The molecule has 0 aliphatic rings. The lowest BCUT2D eigenvalue weighted by atomic mass is 9.92. The van der Waals surface area contributed by atoms with Crippen LogP contribution in [-0.4, -0.2) is 29.6 Å². The zero-order valence-corrected chi connectivity index (χ0v) is 15.4. The minimum absolute atomic E-state index is 0.0629. The largest absolute Gasteiger partial charge is 0.496 e. The number of pyridine rings is 1. The fourth-order valence-corrected chi connectivity index (χ4v) is 2.71. The Hall–Kier alpha value is -2.88. The zero-order chi connectivity index (χ0) is 21.1. The van der Waals surface area contributed by atoms with Crippen molar-refractivity contribution < 1.29 is 32.4 Å². The molecule has 0 saturated heterocycles. The summed E-state index contributed by atoms with van der Waals surface area (Å²) in [5, 5.41) is 11.6. The molecule has 1 atom stereocenters. The maximum atomic E-state index is 12.9. The number of rotatable bonds is 6. The van der Waals surface area contributed by atoms with Crippen molar-refractivity contribution in [2.24, 2.45) is 0 Å². The van der Waals surface area contributed by atoms with Crippen LogP contribution in [0.4, 0.5) is 18.9 Å². The topological polar surface area (TPSA) is 91.6 Å². The summed E-state index contributed by atoms with van der Waals surface area (Å²) in [6.45, 7) is 1.45. The summed E-state index contributed by atoms with van der Waals surface area (Å²) in [5.74, 6) is -2.33. The van der Waals surface area contributed by atoms with Crippen LogP contribution in [0.3, 0.4) is 0 Å². The van der Waals surface area contributed by atoms with Crippen molar-refractivity contribution in [3.8, 4) is 5.75 Å². The number of nitro groups is 1. The second-order valence-electron chi connectivity index (χ2n) is 5.45. The summed E-state index contributed by atoms with van der Waals surface area (Å²) in [7, 11) is 1.30. The highest BCUT2D eigenvalue weighted by atomic mass is 35.5. The molecule has 0 N–H and O–H groups in total. The highest BCUT2D eigenvalue weighted by Crippen LogP contribution is 2.39. The number of esters is 1. The molecule has 0 spiro atoms. The van der Waals surface area contributed by atoms with Crippen LogP contribution < -0.4 is 4.74 Å². The van der Waals surface area contributed by atoms with Crippen LogP contribution in [0.5, 0.6) is 5.75 Å². The molecule has 11 heteroatoms. The molecule has 7 nitrogen and oxygen atoms in total. The Kier molecular flexibility index (Phi) is 6.45. The molecule has 0 aliphatic carbocycles. The molecule has 0 fully saturated rings. The van der Waals surface area contributed by atoms with Crippen LogP contribution in [-0.2, 0) is 15.7 Å². The second-order valence-corrected chi connectivity index (χ2v) is 5.89. The molecule has 1 aromatic heterocycles. The van der Waals surface area contributed by atoms with Gasteiger partial charge in [0.25, 0.3) is 5.69 Å². The Morgan fingerprint density at radius 1 is 1.36 bits per heavy atom.